The van der Waals surface area contributed by atoms with Gasteiger partial charge in [0, 0.05) is 23.4 Å². The van der Waals surface area contributed by atoms with Crippen LogP contribution in [-0.2, 0) is 0 Å². The van der Waals surface area contributed by atoms with Crippen LogP contribution >= 0.6 is 0 Å². The second-order valence-electron chi connectivity index (χ2n) is 3.02. The van der Waals surface area contributed by atoms with Crippen LogP contribution in [0.5, 0.6) is 5.75 Å². The van der Waals surface area contributed by atoms with Crippen LogP contribution in [0.2, 0.25) is 0 Å². The number of benzene rings is 1. The van der Waals surface area contributed by atoms with Crippen LogP contribution in [0.3, 0.4) is 0 Å². The van der Waals surface area contributed by atoms with Crippen LogP contribution in [0.25, 0.3) is 0 Å². The summed E-state index contributed by atoms with van der Waals surface area (Å²) in [4.78, 5) is 0. The topological polar surface area (TPSA) is 61.3 Å². The molecule has 0 aliphatic heterocycles. The van der Waals surface area contributed by atoms with E-state index < -0.39 is 0 Å². The number of nitrogen functional groups attached to an aromatic ring is 1. The second-order valence-corrected chi connectivity index (χ2v) is 3.02. The number of ether oxygens (including phenoxy) is 1. The van der Waals surface area contributed by atoms with Crippen LogP contribution in [0.15, 0.2) is 18.2 Å². The van der Waals surface area contributed by atoms with Crippen LogP contribution < -0.4 is 16.2 Å². The highest BCUT2D eigenvalue weighted by Crippen LogP contribution is 2.27. The van der Waals surface area contributed by atoms with E-state index in [-0.39, 0.29) is 6.04 Å². The molecule has 1 aromatic rings. The summed E-state index contributed by atoms with van der Waals surface area (Å²) in [5, 5.41) is 0. The normalized spacial score (nSPS) is 12.5. The number of hydrogen-bond acceptors (Lipinski definition) is 3. The molecule has 1 rings (SSSR count). The lowest BCUT2D eigenvalue weighted by Gasteiger charge is -2.14. The van der Waals surface area contributed by atoms with Gasteiger partial charge >= 0.3 is 0 Å². The van der Waals surface area contributed by atoms with E-state index in [4.69, 9.17) is 16.2 Å². The van der Waals surface area contributed by atoms with Crippen molar-refractivity contribution in [1.29, 1.82) is 0 Å². The first-order valence-corrected chi connectivity index (χ1v) is 4.38. The number of nitrogens with two attached hydrogens (primary N) is 2. The Hall–Kier alpha value is -1.22. The Morgan fingerprint density at radius 1 is 1.46 bits per heavy atom. The monoisotopic (exact) mass is 180 g/mol. The summed E-state index contributed by atoms with van der Waals surface area (Å²) < 4.78 is 5.19. The van der Waals surface area contributed by atoms with Gasteiger partial charge in [0.05, 0.1) is 7.11 Å². The Bertz CT molecular complexity index is 286. The molecular formula is C10H16N2O. The van der Waals surface area contributed by atoms with Crippen molar-refractivity contribution in [3.63, 3.8) is 0 Å². The molecule has 1 aromatic carbocycles. The molecule has 0 aliphatic rings. The molecule has 3 nitrogen and oxygen atoms in total. The zero-order valence-electron chi connectivity index (χ0n) is 8.08. The van der Waals surface area contributed by atoms with Crippen molar-refractivity contribution in [3.05, 3.63) is 23.8 Å². The minimum atomic E-state index is 0.0237. The Morgan fingerprint density at radius 3 is 2.69 bits per heavy atom. The van der Waals surface area contributed by atoms with Gasteiger partial charge < -0.3 is 16.2 Å². The number of rotatable bonds is 3. The van der Waals surface area contributed by atoms with Gasteiger partial charge in [0.25, 0.3) is 0 Å². The lowest BCUT2D eigenvalue weighted by molar-refractivity contribution is 0.405. The summed E-state index contributed by atoms with van der Waals surface area (Å²) in [5.74, 6) is 0.773. The predicted octanol–water partition coefficient (Wildman–Crippen LogP) is 1.69. The number of methoxy groups -OCH3 is 1. The fraction of sp³-hybridized carbons (Fsp3) is 0.400. The maximum absolute atomic E-state index is 5.90. The van der Waals surface area contributed by atoms with Gasteiger partial charge in [-0.05, 0) is 12.5 Å². The summed E-state index contributed by atoms with van der Waals surface area (Å²) in [6.07, 6.45) is 0.889. The first-order valence-electron chi connectivity index (χ1n) is 4.38. The van der Waals surface area contributed by atoms with Crippen molar-refractivity contribution < 1.29 is 4.74 Å². The van der Waals surface area contributed by atoms with Crippen LogP contribution in [0, 0.1) is 0 Å². The average molecular weight is 180 g/mol. The molecule has 0 spiro atoms. The van der Waals surface area contributed by atoms with Gasteiger partial charge in [-0.1, -0.05) is 13.0 Å². The summed E-state index contributed by atoms with van der Waals surface area (Å²) in [5.41, 5.74) is 13.2. The molecule has 4 N–H and O–H groups in total. The maximum atomic E-state index is 5.90. The molecule has 0 bridgehead atoms. The lowest BCUT2D eigenvalue weighted by atomic mass is 10.0. The largest absolute Gasteiger partial charge is 0.496 e. The van der Waals surface area contributed by atoms with Crippen LogP contribution in [-0.4, -0.2) is 7.11 Å². The molecule has 0 radical (unpaired) electrons. The van der Waals surface area contributed by atoms with Gasteiger partial charge in [-0.3, -0.25) is 0 Å². The van der Waals surface area contributed by atoms with E-state index in [1.165, 1.54) is 0 Å². The van der Waals surface area contributed by atoms with E-state index in [1.54, 1.807) is 13.2 Å². The van der Waals surface area contributed by atoms with E-state index in [0.717, 1.165) is 17.7 Å². The van der Waals surface area contributed by atoms with Crippen LogP contribution in [0.1, 0.15) is 24.9 Å². The molecule has 0 heterocycles. The van der Waals surface area contributed by atoms with Crippen molar-refractivity contribution >= 4 is 5.69 Å². The van der Waals surface area contributed by atoms with Gasteiger partial charge in [0.1, 0.15) is 5.75 Å². The second kappa shape index (κ2) is 4.14. The zero-order chi connectivity index (χ0) is 9.84. The van der Waals surface area contributed by atoms with E-state index >= 15 is 0 Å². The maximum Gasteiger partial charge on any atom is 0.125 e. The summed E-state index contributed by atoms with van der Waals surface area (Å²) >= 11 is 0. The molecule has 0 aromatic heterocycles. The zero-order valence-corrected chi connectivity index (χ0v) is 8.08. The molecule has 0 unspecified atom stereocenters. The van der Waals surface area contributed by atoms with Gasteiger partial charge in [-0.25, -0.2) is 0 Å². The summed E-state index contributed by atoms with van der Waals surface area (Å²) in [6, 6.07) is 5.58. The molecule has 3 heteroatoms. The molecule has 0 amide bonds. The third kappa shape index (κ3) is 2.12. The third-order valence-electron chi connectivity index (χ3n) is 2.10. The number of anilines is 1. The van der Waals surface area contributed by atoms with Gasteiger partial charge in [0.2, 0.25) is 0 Å². The standard InChI is InChI=1S/C10H16N2O/c1-3-9(12)8-5-4-7(11)6-10(8)13-2/h4-6,9H,3,11-12H2,1-2H3/t9-/m1/s1. The molecule has 0 saturated heterocycles. The average Bonchev–Trinajstić information content (AvgIpc) is 2.16. The van der Waals surface area contributed by atoms with Gasteiger partial charge in [0.15, 0.2) is 0 Å². The Kier molecular flexibility index (Phi) is 3.14. The van der Waals surface area contributed by atoms with Crippen molar-refractivity contribution in [2.45, 2.75) is 19.4 Å². The Morgan fingerprint density at radius 2 is 2.15 bits per heavy atom. The first kappa shape index (κ1) is 9.86. The summed E-state index contributed by atoms with van der Waals surface area (Å²) in [7, 11) is 1.63. The number of hydrogen-bond donors (Lipinski definition) is 2. The highest BCUT2D eigenvalue weighted by atomic mass is 16.5. The van der Waals surface area contributed by atoms with Gasteiger partial charge in [-0.15, -0.1) is 0 Å². The van der Waals surface area contributed by atoms with Crippen LogP contribution in [0.4, 0.5) is 5.69 Å². The summed E-state index contributed by atoms with van der Waals surface area (Å²) in [6.45, 7) is 2.04. The SMILES string of the molecule is CC[C@@H](N)c1ccc(N)cc1OC. The molecule has 0 fully saturated rings. The highest BCUT2D eigenvalue weighted by molar-refractivity contribution is 5.49. The van der Waals surface area contributed by atoms with Crippen molar-refractivity contribution in [3.8, 4) is 5.75 Å². The molecule has 72 valence electrons. The quantitative estimate of drug-likeness (QED) is 0.696. The predicted molar refractivity (Wildman–Crippen MR) is 54.6 cm³/mol. The van der Waals surface area contributed by atoms with E-state index in [9.17, 15) is 0 Å². The molecule has 13 heavy (non-hydrogen) atoms. The molecule has 0 aliphatic carbocycles. The van der Waals surface area contributed by atoms with Crippen molar-refractivity contribution in [2.75, 3.05) is 12.8 Å². The van der Waals surface area contributed by atoms with E-state index in [0.29, 0.717) is 5.69 Å². The smallest absolute Gasteiger partial charge is 0.125 e. The Labute approximate surface area is 78.7 Å². The minimum absolute atomic E-state index is 0.0237. The van der Waals surface area contributed by atoms with Crippen molar-refractivity contribution in [1.82, 2.24) is 0 Å². The fourth-order valence-electron chi connectivity index (χ4n) is 1.25. The molecular weight excluding hydrogens is 164 g/mol. The molecule has 0 saturated carbocycles. The lowest BCUT2D eigenvalue weighted by Crippen LogP contribution is -2.10. The highest BCUT2D eigenvalue weighted by Gasteiger charge is 2.09. The van der Waals surface area contributed by atoms with E-state index in [1.807, 2.05) is 19.1 Å². The van der Waals surface area contributed by atoms with Gasteiger partial charge in [-0.2, -0.15) is 0 Å². The van der Waals surface area contributed by atoms with E-state index in [2.05, 4.69) is 0 Å². The van der Waals surface area contributed by atoms with Crippen molar-refractivity contribution in [2.24, 2.45) is 5.73 Å². The third-order valence-corrected chi connectivity index (χ3v) is 2.10. The fourth-order valence-corrected chi connectivity index (χ4v) is 1.25. The first-order chi connectivity index (χ1) is 6.19. The minimum Gasteiger partial charge on any atom is -0.496 e. The molecule has 1 atom stereocenters. The Balaban J connectivity index is 3.05.